The topological polar surface area (TPSA) is 58.6 Å². The first-order valence-electron chi connectivity index (χ1n) is 5.91. The Kier molecular flexibility index (Phi) is 3.82. The van der Waals surface area contributed by atoms with Crippen molar-refractivity contribution in [2.45, 2.75) is 12.8 Å². The molecule has 0 aromatic heterocycles. The minimum atomic E-state index is -0.160. The predicted molar refractivity (Wildman–Crippen MR) is 67.8 cm³/mol. The zero-order valence-electron chi connectivity index (χ0n) is 10.3. The van der Waals surface area contributed by atoms with Crippen LogP contribution in [0.4, 0.5) is 10.5 Å². The highest BCUT2D eigenvalue weighted by molar-refractivity contribution is 5.91. The second kappa shape index (κ2) is 5.53. The number of amides is 2. The van der Waals surface area contributed by atoms with E-state index in [1.165, 1.54) is 0 Å². The van der Waals surface area contributed by atoms with Gasteiger partial charge in [-0.3, -0.25) is 4.79 Å². The van der Waals surface area contributed by atoms with Crippen molar-refractivity contribution in [1.82, 2.24) is 4.90 Å². The molecule has 1 saturated heterocycles. The maximum absolute atomic E-state index is 11.9. The summed E-state index contributed by atoms with van der Waals surface area (Å²) >= 11 is 0. The molecule has 0 atom stereocenters. The lowest BCUT2D eigenvalue weighted by Gasteiger charge is -2.26. The van der Waals surface area contributed by atoms with Crippen LogP contribution in [0.5, 0.6) is 5.75 Å². The van der Waals surface area contributed by atoms with Gasteiger partial charge in [0.15, 0.2) is 0 Å². The van der Waals surface area contributed by atoms with Gasteiger partial charge in [-0.2, -0.15) is 0 Å². The number of nitrogens with zero attached hydrogens (tertiary/aromatic N) is 1. The van der Waals surface area contributed by atoms with E-state index in [1.807, 2.05) is 0 Å². The Bertz CT molecular complexity index is 432. The zero-order chi connectivity index (χ0) is 13.0. The molecule has 96 valence electrons. The SMILES string of the molecule is COc1ccc(NC(=O)N2CCC(=O)CC2)cc1. The fourth-order valence-corrected chi connectivity index (χ4v) is 1.84. The van der Waals surface area contributed by atoms with Crippen molar-refractivity contribution in [1.29, 1.82) is 0 Å². The molecule has 0 radical (unpaired) electrons. The van der Waals surface area contributed by atoms with Crippen LogP contribution < -0.4 is 10.1 Å². The van der Waals surface area contributed by atoms with Gasteiger partial charge in [0.1, 0.15) is 11.5 Å². The second-order valence-electron chi connectivity index (χ2n) is 4.18. The van der Waals surface area contributed by atoms with Crippen LogP contribution in [0, 0.1) is 0 Å². The minimum absolute atomic E-state index is 0.160. The monoisotopic (exact) mass is 248 g/mol. The number of hydrogen-bond acceptors (Lipinski definition) is 3. The summed E-state index contributed by atoms with van der Waals surface area (Å²) in [6, 6.07) is 6.98. The summed E-state index contributed by atoms with van der Waals surface area (Å²) in [7, 11) is 1.60. The number of carbonyl (C=O) groups is 2. The fraction of sp³-hybridized carbons (Fsp3) is 0.385. The molecule has 1 heterocycles. The Morgan fingerprint density at radius 3 is 2.39 bits per heavy atom. The van der Waals surface area contributed by atoms with E-state index < -0.39 is 0 Å². The number of urea groups is 1. The van der Waals surface area contributed by atoms with E-state index >= 15 is 0 Å². The van der Waals surface area contributed by atoms with E-state index in [9.17, 15) is 9.59 Å². The van der Waals surface area contributed by atoms with E-state index in [0.717, 1.165) is 11.4 Å². The molecule has 0 aliphatic carbocycles. The molecule has 1 aromatic carbocycles. The number of anilines is 1. The van der Waals surface area contributed by atoms with E-state index in [-0.39, 0.29) is 11.8 Å². The Balaban J connectivity index is 1.92. The summed E-state index contributed by atoms with van der Waals surface area (Å²) in [5.74, 6) is 0.972. The van der Waals surface area contributed by atoms with E-state index in [2.05, 4.69) is 5.32 Å². The number of likely N-dealkylation sites (tertiary alicyclic amines) is 1. The largest absolute Gasteiger partial charge is 0.497 e. The van der Waals surface area contributed by atoms with Gasteiger partial charge in [0.2, 0.25) is 0 Å². The van der Waals surface area contributed by atoms with Gasteiger partial charge in [-0.15, -0.1) is 0 Å². The first-order valence-corrected chi connectivity index (χ1v) is 5.91. The van der Waals surface area contributed by atoms with Crippen LogP contribution in [-0.4, -0.2) is 36.9 Å². The summed E-state index contributed by atoms with van der Waals surface area (Å²) in [4.78, 5) is 24.6. The van der Waals surface area contributed by atoms with E-state index in [0.29, 0.717) is 25.9 Å². The predicted octanol–water partition coefficient (Wildman–Crippen LogP) is 1.89. The molecule has 1 aliphatic heterocycles. The molecule has 5 heteroatoms. The Hall–Kier alpha value is -2.04. The number of hydrogen-bond donors (Lipinski definition) is 1. The fourth-order valence-electron chi connectivity index (χ4n) is 1.84. The molecular formula is C13H16N2O3. The second-order valence-corrected chi connectivity index (χ2v) is 4.18. The third-order valence-corrected chi connectivity index (χ3v) is 2.95. The molecule has 0 bridgehead atoms. The van der Waals surface area contributed by atoms with Gasteiger partial charge in [0.25, 0.3) is 0 Å². The van der Waals surface area contributed by atoms with Crippen LogP contribution in [0.3, 0.4) is 0 Å². The Labute approximate surface area is 106 Å². The Morgan fingerprint density at radius 1 is 1.22 bits per heavy atom. The lowest BCUT2D eigenvalue weighted by atomic mass is 10.1. The molecule has 1 aromatic rings. The smallest absolute Gasteiger partial charge is 0.321 e. The third kappa shape index (κ3) is 3.00. The van der Waals surface area contributed by atoms with Gasteiger partial charge in [0.05, 0.1) is 7.11 Å². The van der Waals surface area contributed by atoms with E-state index in [1.54, 1.807) is 36.3 Å². The van der Waals surface area contributed by atoms with Gasteiger partial charge in [-0.25, -0.2) is 4.79 Å². The van der Waals surface area contributed by atoms with Crippen molar-refractivity contribution in [2.75, 3.05) is 25.5 Å². The molecule has 1 aliphatic rings. The number of benzene rings is 1. The van der Waals surface area contributed by atoms with Crippen LogP contribution in [0.1, 0.15) is 12.8 Å². The van der Waals surface area contributed by atoms with Crippen molar-refractivity contribution >= 4 is 17.5 Å². The van der Waals surface area contributed by atoms with E-state index in [4.69, 9.17) is 4.74 Å². The summed E-state index contributed by atoms with van der Waals surface area (Å²) in [5.41, 5.74) is 0.720. The highest BCUT2D eigenvalue weighted by Gasteiger charge is 2.20. The molecule has 1 N–H and O–H groups in total. The van der Waals surface area contributed by atoms with Gasteiger partial charge in [0, 0.05) is 31.6 Å². The number of methoxy groups -OCH3 is 1. The van der Waals surface area contributed by atoms with Crippen LogP contribution in [0.2, 0.25) is 0 Å². The third-order valence-electron chi connectivity index (χ3n) is 2.95. The first kappa shape index (κ1) is 12.4. The van der Waals surface area contributed by atoms with Crippen molar-refractivity contribution in [3.63, 3.8) is 0 Å². The summed E-state index contributed by atoms with van der Waals surface area (Å²) in [6.07, 6.45) is 0.909. The highest BCUT2D eigenvalue weighted by Crippen LogP contribution is 2.16. The highest BCUT2D eigenvalue weighted by atomic mass is 16.5. The number of ether oxygens (including phenoxy) is 1. The molecule has 0 unspecified atom stereocenters. The number of piperidine rings is 1. The lowest BCUT2D eigenvalue weighted by molar-refractivity contribution is -0.120. The quantitative estimate of drug-likeness (QED) is 0.869. The zero-order valence-corrected chi connectivity index (χ0v) is 10.3. The molecule has 5 nitrogen and oxygen atoms in total. The average Bonchev–Trinajstić information content (AvgIpc) is 2.40. The summed E-state index contributed by atoms with van der Waals surface area (Å²) < 4.78 is 5.04. The maximum Gasteiger partial charge on any atom is 0.321 e. The first-order chi connectivity index (χ1) is 8.69. The number of carbonyl (C=O) groups excluding carboxylic acids is 2. The number of Topliss-reactive ketones (excluding diaryl/α,β-unsaturated/α-hetero) is 1. The molecule has 18 heavy (non-hydrogen) atoms. The molecule has 2 amide bonds. The molecule has 2 rings (SSSR count). The minimum Gasteiger partial charge on any atom is -0.497 e. The van der Waals surface area contributed by atoms with Crippen LogP contribution in [0.15, 0.2) is 24.3 Å². The van der Waals surface area contributed by atoms with Crippen LogP contribution in [0.25, 0.3) is 0 Å². The van der Waals surface area contributed by atoms with Crippen molar-refractivity contribution < 1.29 is 14.3 Å². The number of nitrogens with one attached hydrogen (secondary N) is 1. The molecule has 0 spiro atoms. The molecule has 0 saturated carbocycles. The van der Waals surface area contributed by atoms with Crippen LogP contribution in [-0.2, 0) is 4.79 Å². The number of rotatable bonds is 2. The average molecular weight is 248 g/mol. The maximum atomic E-state index is 11.9. The van der Waals surface area contributed by atoms with Crippen molar-refractivity contribution in [3.8, 4) is 5.75 Å². The van der Waals surface area contributed by atoms with Gasteiger partial charge in [-0.05, 0) is 24.3 Å². The normalized spacial score (nSPS) is 15.4. The standard InChI is InChI=1S/C13H16N2O3/c1-18-12-4-2-10(3-5-12)14-13(17)15-8-6-11(16)7-9-15/h2-5H,6-9H2,1H3,(H,14,17). The van der Waals surface area contributed by atoms with Crippen molar-refractivity contribution in [2.24, 2.45) is 0 Å². The van der Waals surface area contributed by atoms with Crippen molar-refractivity contribution in [3.05, 3.63) is 24.3 Å². The lowest BCUT2D eigenvalue weighted by Crippen LogP contribution is -2.41. The summed E-state index contributed by atoms with van der Waals surface area (Å²) in [6.45, 7) is 1.00. The summed E-state index contributed by atoms with van der Waals surface area (Å²) in [5, 5.41) is 2.80. The van der Waals surface area contributed by atoms with Gasteiger partial charge in [-0.1, -0.05) is 0 Å². The van der Waals surface area contributed by atoms with Crippen LogP contribution >= 0.6 is 0 Å². The molecule has 1 fully saturated rings. The Morgan fingerprint density at radius 2 is 1.83 bits per heavy atom. The number of ketones is 1. The van der Waals surface area contributed by atoms with Gasteiger partial charge < -0.3 is 15.0 Å². The molecular weight excluding hydrogens is 232 g/mol. The van der Waals surface area contributed by atoms with Gasteiger partial charge >= 0.3 is 6.03 Å².